The number of nitrogens with zero attached hydrogens (tertiary/aromatic N) is 2. The standard InChI is InChI=1S/C36H44N3O5/c37-35-23-28(13-17-39-35)29(20-30-5-3-16-38-30)15-19-44-34-22-27(11-12-31(34)41)26-10-9-25-8-7-24(14-18-40)4-1-2-6-32(42)36(25)33(43)21-26/h3,5,9-13,16-17,22-26,29,32-33,36,40-43H,1-2,4,6,14-15,18-21H2,(H2,37,39)/q-1. The predicted octanol–water partition coefficient (Wildman–Crippen LogP) is 4.70. The van der Waals surface area contributed by atoms with E-state index in [2.05, 4.69) is 27.9 Å². The van der Waals surface area contributed by atoms with E-state index >= 15 is 0 Å². The smallest absolute Gasteiger partial charge is 0.161 e. The van der Waals surface area contributed by atoms with Crippen molar-refractivity contribution in [1.29, 1.82) is 0 Å². The molecule has 3 aromatic rings. The van der Waals surface area contributed by atoms with Gasteiger partial charge in [-0.1, -0.05) is 55.0 Å². The second kappa shape index (κ2) is 15.3. The molecule has 8 nitrogen and oxygen atoms in total. The average molecular weight is 599 g/mol. The molecule has 44 heavy (non-hydrogen) atoms. The van der Waals surface area contributed by atoms with Gasteiger partial charge in [-0.3, -0.25) is 0 Å². The predicted molar refractivity (Wildman–Crippen MR) is 170 cm³/mol. The number of phenols is 1. The highest BCUT2D eigenvalue weighted by molar-refractivity contribution is 5.44. The summed E-state index contributed by atoms with van der Waals surface area (Å²) in [7, 11) is 0. The zero-order valence-corrected chi connectivity index (χ0v) is 25.1. The quantitative estimate of drug-likeness (QED) is 0.167. The van der Waals surface area contributed by atoms with E-state index < -0.39 is 12.2 Å². The molecule has 2 aliphatic carbocycles. The van der Waals surface area contributed by atoms with Crippen molar-refractivity contribution >= 4 is 5.82 Å². The molecule has 7 atom stereocenters. The number of pyridine rings is 1. The number of anilines is 1. The minimum atomic E-state index is -0.753. The van der Waals surface area contributed by atoms with E-state index in [1.807, 2.05) is 42.5 Å². The van der Waals surface area contributed by atoms with Crippen molar-refractivity contribution in [3.63, 3.8) is 0 Å². The number of rotatable bonds is 10. The third-order valence-electron chi connectivity index (χ3n) is 9.07. The number of aromatic hydroxyl groups is 1. The van der Waals surface area contributed by atoms with Crippen LogP contribution in [0.2, 0.25) is 0 Å². The topological polar surface area (TPSA) is 143 Å². The second-order valence-electron chi connectivity index (χ2n) is 12.2. The van der Waals surface area contributed by atoms with Gasteiger partial charge in [0.15, 0.2) is 11.5 Å². The number of hydrogen-bond donors (Lipinski definition) is 5. The molecule has 6 N–H and O–H groups in total. The lowest BCUT2D eigenvalue weighted by atomic mass is 9.79. The first-order valence-corrected chi connectivity index (χ1v) is 15.8. The highest BCUT2D eigenvalue weighted by Crippen LogP contribution is 2.39. The minimum Gasteiger partial charge on any atom is -0.668 e. The number of fused-ring (bicyclic) bond motifs is 1. The Bertz CT molecular complexity index is 1430. The summed E-state index contributed by atoms with van der Waals surface area (Å²) in [5, 5.41) is 42.6. The van der Waals surface area contributed by atoms with E-state index in [9.17, 15) is 20.4 Å². The molecule has 8 heteroatoms. The lowest BCUT2D eigenvalue weighted by Gasteiger charge is -2.31. The number of phenolic OH excluding ortho intramolecular Hbond substituents is 1. The van der Waals surface area contributed by atoms with Crippen LogP contribution in [0.25, 0.3) is 0 Å². The number of nitrogen functional groups attached to an aromatic ring is 1. The number of aliphatic hydroxyl groups is 3. The van der Waals surface area contributed by atoms with Gasteiger partial charge in [0.2, 0.25) is 0 Å². The second-order valence-corrected chi connectivity index (χ2v) is 12.2. The lowest BCUT2D eigenvalue weighted by Crippen LogP contribution is -2.36. The summed E-state index contributed by atoms with van der Waals surface area (Å²) >= 11 is 0. The van der Waals surface area contributed by atoms with E-state index in [1.54, 1.807) is 18.5 Å². The molecule has 0 radical (unpaired) electrons. The van der Waals surface area contributed by atoms with Crippen LogP contribution in [0.4, 0.5) is 5.82 Å². The van der Waals surface area contributed by atoms with Crippen LogP contribution < -0.4 is 15.5 Å². The molecule has 0 amide bonds. The molecule has 0 bridgehead atoms. The Morgan fingerprint density at radius 1 is 1.05 bits per heavy atom. The average Bonchev–Trinajstić information content (AvgIpc) is 3.46. The maximum absolute atomic E-state index is 11.4. The monoisotopic (exact) mass is 598 g/mol. The normalized spacial score (nSPS) is 26.1. The first kappa shape index (κ1) is 31.6. The van der Waals surface area contributed by atoms with Gasteiger partial charge in [-0.2, -0.15) is 11.9 Å². The van der Waals surface area contributed by atoms with Crippen molar-refractivity contribution in [3.05, 3.63) is 83.8 Å². The van der Waals surface area contributed by atoms with E-state index in [0.717, 1.165) is 42.5 Å². The van der Waals surface area contributed by atoms with Crippen molar-refractivity contribution in [2.75, 3.05) is 18.9 Å². The Labute approximate surface area is 260 Å². The van der Waals surface area contributed by atoms with Gasteiger partial charge >= 0.3 is 0 Å². The third-order valence-corrected chi connectivity index (χ3v) is 9.07. The van der Waals surface area contributed by atoms with Crippen LogP contribution in [0.15, 0.2) is 67.0 Å². The largest absolute Gasteiger partial charge is 0.668 e. The zero-order chi connectivity index (χ0) is 30.9. The highest BCUT2D eigenvalue weighted by atomic mass is 16.5. The Kier molecular flexibility index (Phi) is 11.0. The Balaban J connectivity index is 1.31. The highest BCUT2D eigenvalue weighted by Gasteiger charge is 2.36. The maximum Gasteiger partial charge on any atom is 0.161 e. The fourth-order valence-electron chi connectivity index (χ4n) is 6.60. The summed E-state index contributed by atoms with van der Waals surface area (Å²) in [6.45, 7) is 0.473. The summed E-state index contributed by atoms with van der Waals surface area (Å²) in [5.74, 6) is 7.01. The molecular weight excluding hydrogens is 554 g/mol. The van der Waals surface area contributed by atoms with Crippen LogP contribution >= 0.6 is 0 Å². The molecule has 2 aromatic heterocycles. The molecule has 0 spiro atoms. The van der Waals surface area contributed by atoms with Crippen LogP contribution in [-0.2, 0) is 6.42 Å². The number of ether oxygens (including phenoxy) is 1. The Morgan fingerprint density at radius 3 is 2.70 bits per heavy atom. The molecule has 234 valence electrons. The molecule has 2 heterocycles. The van der Waals surface area contributed by atoms with Crippen molar-refractivity contribution in [2.24, 2.45) is 17.8 Å². The molecule has 7 unspecified atom stereocenters. The molecule has 0 saturated carbocycles. The number of allylic oxidation sites excluding steroid dienone is 2. The molecule has 5 rings (SSSR count). The first-order valence-electron chi connectivity index (χ1n) is 15.8. The number of aromatic nitrogens is 2. The fourth-order valence-corrected chi connectivity index (χ4v) is 6.60. The molecule has 0 fully saturated rings. The van der Waals surface area contributed by atoms with Crippen LogP contribution in [0.3, 0.4) is 0 Å². The van der Waals surface area contributed by atoms with Gasteiger partial charge in [0.05, 0.1) is 18.8 Å². The Hall–Kier alpha value is -3.77. The van der Waals surface area contributed by atoms with Gasteiger partial charge in [-0.25, -0.2) is 4.98 Å². The Morgan fingerprint density at radius 2 is 1.91 bits per heavy atom. The van der Waals surface area contributed by atoms with Gasteiger partial charge in [-0.15, -0.1) is 0 Å². The summed E-state index contributed by atoms with van der Waals surface area (Å²) in [6.07, 6.45) is 12.0. The van der Waals surface area contributed by atoms with Gasteiger partial charge in [0.25, 0.3) is 0 Å². The van der Waals surface area contributed by atoms with Crippen LogP contribution in [0, 0.1) is 29.6 Å². The van der Waals surface area contributed by atoms with E-state index in [-0.39, 0.29) is 41.9 Å². The van der Waals surface area contributed by atoms with E-state index in [1.165, 1.54) is 0 Å². The summed E-state index contributed by atoms with van der Waals surface area (Å²) < 4.78 is 6.15. The minimum absolute atomic E-state index is 0.0552. The zero-order valence-electron chi connectivity index (χ0n) is 25.1. The van der Waals surface area contributed by atoms with Gasteiger partial charge < -0.3 is 35.9 Å². The number of nitrogens with two attached hydrogens (primary N) is 1. The van der Waals surface area contributed by atoms with Gasteiger partial charge in [-0.05, 0) is 79.8 Å². The molecule has 0 aliphatic heterocycles. The van der Waals surface area contributed by atoms with Crippen molar-refractivity contribution < 1.29 is 25.2 Å². The van der Waals surface area contributed by atoms with E-state index in [4.69, 9.17) is 10.5 Å². The van der Waals surface area contributed by atoms with E-state index in [0.29, 0.717) is 43.9 Å². The van der Waals surface area contributed by atoms with Gasteiger partial charge in [0, 0.05) is 36.5 Å². The van der Waals surface area contributed by atoms with Crippen LogP contribution in [-0.4, -0.2) is 50.8 Å². The van der Waals surface area contributed by atoms with Crippen LogP contribution in [0.1, 0.15) is 73.6 Å². The molecule has 0 saturated heterocycles. The number of aliphatic hydroxyl groups excluding tert-OH is 3. The fraction of sp³-hybridized carbons (Fsp3) is 0.472. The third kappa shape index (κ3) is 8.23. The summed E-state index contributed by atoms with van der Waals surface area (Å²) in [6, 6.07) is 13.1. The van der Waals surface area contributed by atoms with Crippen LogP contribution in [0.5, 0.6) is 11.5 Å². The van der Waals surface area contributed by atoms with Crippen molar-refractivity contribution in [3.8, 4) is 23.3 Å². The molecule has 1 aromatic carbocycles. The van der Waals surface area contributed by atoms with Gasteiger partial charge in [0.1, 0.15) is 5.82 Å². The number of hydrogen-bond acceptors (Lipinski definition) is 7. The lowest BCUT2D eigenvalue weighted by molar-refractivity contribution is -0.00709. The maximum atomic E-state index is 11.4. The van der Waals surface area contributed by atoms with Crippen molar-refractivity contribution in [2.45, 2.75) is 75.4 Å². The summed E-state index contributed by atoms with van der Waals surface area (Å²) in [4.78, 5) is 8.56. The molecule has 2 aliphatic rings. The van der Waals surface area contributed by atoms with Crippen molar-refractivity contribution in [1.82, 2.24) is 9.97 Å². The summed E-state index contributed by atoms with van der Waals surface area (Å²) in [5.41, 5.74) is 8.93. The molecular formula is C36H44N3O5-. The number of benzene rings is 1. The first-order chi connectivity index (χ1) is 21.4. The SMILES string of the molecule is Nc1cc(C(CCOc2cc(C3C=CC4C#CC(CCO)CCCCC(O)C4C(O)C3)ccc2O)Cc2ccc[n-]2)ccn1.